The van der Waals surface area contributed by atoms with Gasteiger partial charge in [-0.3, -0.25) is 0 Å². The average Bonchev–Trinajstić information content (AvgIpc) is 2.54. The number of imide groups is 1. The summed E-state index contributed by atoms with van der Waals surface area (Å²) in [6, 6.07) is 6.93. The highest BCUT2D eigenvalue weighted by Gasteiger charge is 2.52. The highest BCUT2D eigenvalue weighted by Crippen LogP contribution is 2.29. The van der Waals surface area contributed by atoms with Crippen LogP contribution in [0.2, 0.25) is 0 Å². The Morgan fingerprint density at radius 3 is 1.71 bits per heavy atom. The van der Waals surface area contributed by atoms with E-state index in [1.807, 2.05) is 0 Å². The summed E-state index contributed by atoms with van der Waals surface area (Å²) < 4.78 is -0.244. The lowest BCUT2D eigenvalue weighted by Gasteiger charge is -2.25. The van der Waals surface area contributed by atoms with Crippen LogP contribution >= 0.6 is 0 Å². The van der Waals surface area contributed by atoms with Gasteiger partial charge in [-0.1, -0.05) is 25.3 Å². The standard InChI is InChI=1S/C14H14NO2/c1-3-9-15(10-4-2)13(16)11-7-5-6-8-12(11)14(15)17/h3-8H,1-2,9-10H2/q+1. The second kappa shape index (κ2) is 4.11. The van der Waals surface area contributed by atoms with Crippen LogP contribution < -0.4 is 0 Å². The minimum Gasteiger partial charge on any atom is -0.225 e. The van der Waals surface area contributed by atoms with Gasteiger partial charge in [0.2, 0.25) is 0 Å². The number of quaternary nitrogens is 1. The fourth-order valence-corrected chi connectivity index (χ4v) is 2.26. The van der Waals surface area contributed by atoms with Crippen molar-refractivity contribution in [2.24, 2.45) is 0 Å². The van der Waals surface area contributed by atoms with Gasteiger partial charge in [0.1, 0.15) is 13.1 Å². The second-order valence-corrected chi connectivity index (χ2v) is 4.07. The van der Waals surface area contributed by atoms with Crippen molar-refractivity contribution in [3.63, 3.8) is 0 Å². The van der Waals surface area contributed by atoms with E-state index >= 15 is 0 Å². The molecule has 1 heterocycles. The molecule has 17 heavy (non-hydrogen) atoms. The Bertz CT molecular complexity index is 470. The van der Waals surface area contributed by atoms with Crippen molar-refractivity contribution < 1.29 is 14.1 Å². The fourth-order valence-electron chi connectivity index (χ4n) is 2.26. The van der Waals surface area contributed by atoms with Crippen LogP contribution in [-0.2, 0) is 0 Å². The van der Waals surface area contributed by atoms with E-state index in [0.717, 1.165) is 0 Å². The minimum absolute atomic E-state index is 0.162. The molecule has 0 aliphatic carbocycles. The number of hydrogen-bond donors (Lipinski definition) is 0. The first-order valence-corrected chi connectivity index (χ1v) is 5.45. The summed E-state index contributed by atoms with van der Waals surface area (Å²) >= 11 is 0. The molecule has 0 fully saturated rings. The summed E-state index contributed by atoms with van der Waals surface area (Å²) in [6.07, 6.45) is 3.20. The van der Waals surface area contributed by atoms with Crippen molar-refractivity contribution in [3.8, 4) is 0 Å². The maximum Gasteiger partial charge on any atom is 0.355 e. The lowest BCUT2D eigenvalue weighted by molar-refractivity contribution is -0.749. The van der Waals surface area contributed by atoms with Gasteiger partial charge in [0.05, 0.1) is 11.1 Å². The van der Waals surface area contributed by atoms with Crippen LogP contribution in [0.5, 0.6) is 0 Å². The summed E-state index contributed by atoms with van der Waals surface area (Å²) in [4.78, 5) is 24.7. The Hall–Kier alpha value is -2.00. The molecule has 3 nitrogen and oxygen atoms in total. The first-order valence-electron chi connectivity index (χ1n) is 5.45. The molecule has 0 saturated heterocycles. The number of rotatable bonds is 4. The SMILES string of the molecule is C=CC[N+]1(CC=C)C(=O)c2ccccc2C1=O. The van der Waals surface area contributed by atoms with Crippen LogP contribution in [0, 0.1) is 0 Å². The molecule has 0 unspecified atom stereocenters. The van der Waals surface area contributed by atoms with Crippen LogP contribution in [0.25, 0.3) is 0 Å². The predicted molar refractivity (Wildman–Crippen MR) is 65.5 cm³/mol. The van der Waals surface area contributed by atoms with E-state index in [1.54, 1.807) is 36.4 Å². The third kappa shape index (κ3) is 1.47. The van der Waals surface area contributed by atoms with Gasteiger partial charge in [-0.25, -0.2) is 9.59 Å². The van der Waals surface area contributed by atoms with E-state index in [9.17, 15) is 9.59 Å². The molecule has 0 bridgehead atoms. The van der Waals surface area contributed by atoms with Crippen molar-refractivity contribution in [2.75, 3.05) is 13.1 Å². The topological polar surface area (TPSA) is 34.1 Å². The Labute approximate surface area is 100 Å². The number of benzene rings is 1. The molecule has 86 valence electrons. The van der Waals surface area contributed by atoms with Crippen LogP contribution in [0.1, 0.15) is 20.7 Å². The molecule has 0 spiro atoms. The van der Waals surface area contributed by atoms with Crippen molar-refractivity contribution in [1.82, 2.24) is 0 Å². The number of carbonyl (C=O) groups excluding carboxylic acids is 2. The second-order valence-electron chi connectivity index (χ2n) is 4.07. The molecule has 0 N–H and O–H groups in total. The molecule has 3 heteroatoms. The quantitative estimate of drug-likeness (QED) is 0.449. The molecule has 1 aromatic rings. The van der Waals surface area contributed by atoms with Crippen molar-refractivity contribution in [3.05, 3.63) is 60.7 Å². The fraction of sp³-hybridized carbons (Fsp3) is 0.143. The van der Waals surface area contributed by atoms with E-state index in [0.29, 0.717) is 24.2 Å². The summed E-state index contributed by atoms with van der Waals surface area (Å²) in [5.41, 5.74) is 1.00. The molecule has 0 radical (unpaired) electrons. The zero-order valence-electron chi connectivity index (χ0n) is 9.56. The average molecular weight is 228 g/mol. The first-order chi connectivity index (χ1) is 8.17. The van der Waals surface area contributed by atoms with Gasteiger partial charge in [-0.05, 0) is 24.3 Å². The van der Waals surface area contributed by atoms with E-state index in [4.69, 9.17) is 0 Å². The third-order valence-electron chi connectivity index (χ3n) is 3.05. The van der Waals surface area contributed by atoms with Gasteiger partial charge in [0.15, 0.2) is 0 Å². The van der Waals surface area contributed by atoms with Gasteiger partial charge in [0, 0.05) is 0 Å². The summed E-state index contributed by atoms with van der Waals surface area (Å²) in [5.74, 6) is -0.323. The first kappa shape index (κ1) is 11.5. The lowest BCUT2D eigenvalue weighted by Crippen LogP contribution is -2.52. The molecule has 2 rings (SSSR count). The Morgan fingerprint density at radius 2 is 1.35 bits per heavy atom. The van der Waals surface area contributed by atoms with Gasteiger partial charge >= 0.3 is 11.8 Å². The maximum absolute atomic E-state index is 12.4. The zero-order chi connectivity index (χ0) is 12.5. The number of hydrogen-bond acceptors (Lipinski definition) is 2. The van der Waals surface area contributed by atoms with Crippen LogP contribution in [0.15, 0.2) is 49.6 Å². The van der Waals surface area contributed by atoms with E-state index in [-0.39, 0.29) is 16.3 Å². The number of nitrogens with zero attached hydrogens (tertiary/aromatic N) is 1. The number of carbonyl (C=O) groups is 2. The molecular formula is C14H14NO2+. The predicted octanol–water partition coefficient (Wildman–Crippen LogP) is 2.17. The monoisotopic (exact) mass is 228 g/mol. The maximum atomic E-state index is 12.4. The zero-order valence-corrected chi connectivity index (χ0v) is 9.56. The molecule has 0 saturated carbocycles. The van der Waals surface area contributed by atoms with Crippen LogP contribution in [0.4, 0.5) is 0 Å². The highest BCUT2D eigenvalue weighted by molar-refractivity contribution is 6.13. The van der Waals surface area contributed by atoms with Crippen molar-refractivity contribution in [2.45, 2.75) is 0 Å². The smallest absolute Gasteiger partial charge is 0.225 e. The van der Waals surface area contributed by atoms with Gasteiger partial charge in [-0.2, -0.15) is 4.48 Å². The normalized spacial score (nSPS) is 16.7. The lowest BCUT2D eigenvalue weighted by atomic mass is 10.1. The van der Waals surface area contributed by atoms with E-state index in [1.165, 1.54) is 0 Å². The number of amides is 2. The van der Waals surface area contributed by atoms with Gasteiger partial charge < -0.3 is 0 Å². The van der Waals surface area contributed by atoms with Gasteiger partial charge in [-0.15, -0.1) is 0 Å². The minimum atomic E-state index is -0.244. The summed E-state index contributed by atoms with van der Waals surface area (Å²) in [6.45, 7) is 7.87. The Morgan fingerprint density at radius 1 is 0.941 bits per heavy atom. The van der Waals surface area contributed by atoms with Gasteiger partial charge in [0.25, 0.3) is 0 Å². The Kier molecular flexibility index (Phi) is 2.77. The molecule has 0 aromatic heterocycles. The van der Waals surface area contributed by atoms with E-state index < -0.39 is 0 Å². The molecule has 1 aliphatic heterocycles. The Balaban J connectivity index is 2.59. The molecule has 1 aromatic carbocycles. The molecule has 1 aliphatic rings. The summed E-state index contributed by atoms with van der Waals surface area (Å²) in [7, 11) is 0. The highest BCUT2D eigenvalue weighted by atomic mass is 16.2. The van der Waals surface area contributed by atoms with Crippen molar-refractivity contribution >= 4 is 11.8 Å². The third-order valence-corrected chi connectivity index (χ3v) is 3.05. The largest absolute Gasteiger partial charge is 0.355 e. The van der Waals surface area contributed by atoms with Crippen LogP contribution in [0.3, 0.4) is 0 Å². The molecule has 0 atom stereocenters. The van der Waals surface area contributed by atoms with Crippen LogP contribution in [-0.4, -0.2) is 29.4 Å². The summed E-state index contributed by atoms with van der Waals surface area (Å²) in [5, 5.41) is 0. The van der Waals surface area contributed by atoms with E-state index in [2.05, 4.69) is 13.2 Å². The van der Waals surface area contributed by atoms with Crippen molar-refractivity contribution in [1.29, 1.82) is 0 Å². The molecule has 2 amide bonds. The molecular weight excluding hydrogens is 214 g/mol. The number of fused-ring (bicyclic) bond motifs is 1.